The summed E-state index contributed by atoms with van der Waals surface area (Å²) in [6.07, 6.45) is -0.974. The third kappa shape index (κ3) is 5.53. The first kappa shape index (κ1) is 16.5. The number of alkyl halides is 3. The van der Waals surface area contributed by atoms with E-state index in [1.807, 2.05) is 0 Å². The SMILES string of the molecule is O=[PH](O)COS(=O)(=O)c1ccccc1SC(F)(F)F. The molecule has 0 saturated heterocycles. The van der Waals surface area contributed by atoms with E-state index in [1.165, 1.54) is 12.1 Å². The largest absolute Gasteiger partial charge is 0.446 e. The van der Waals surface area contributed by atoms with Crippen molar-refractivity contribution in [3.63, 3.8) is 0 Å². The van der Waals surface area contributed by atoms with E-state index in [-0.39, 0.29) is 0 Å². The average molecular weight is 336 g/mol. The number of hydrogen-bond acceptors (Lipinski definition) is 5. The van der Waals surface area contributed by atoms with E-state index >= 15 is 0 Å². The minimum atomic E-state index is -4.66. The maximum Gasteiger partial charge on any atom is 0.446 e. The van der Waals surface area contributed by atoms with E-state index in [0.29, 0.717) is 0 Å². The van der Waals surface area contributed by atoms with Crippen molar-refractivity contribution in [2.75, 3.05) is 6.35 Å². The Bertz CT molecular complexity index is 572. The molecule has 1 atom stereocenters. The second-order valence-electron chi connectivity index (χ2n) is 3.10. The average Bonchev–Trinajstić information content (AvgIpc) is 2.25. The monoisotopic (exact) mass is 336 g/mol. The second kappa shape index (κ2) is 6.27. The Kier molecular flexibility index (Phi) is 5.45. The summed E-state index contributed by atoms with van der Waals surface area (Å²) in [5, 5.41) is 0. The first-order chi connectivity index (χ1) is 8.62. The van der Waals surface area contributed by atoms with Crippen molar-refractivity contribution in [2.24, 2.45) is 0 Å². The highest BCUT2D eigenvalue weighted by Crippen LogP contribution is 2.40. The smallest absolute Gasteiger partial charge is 0.345 e. The van der Waals surface area contributed by atoms with Gasteiger partial charge in [0.05, 0.1) is 0 Å². The summed E-state index contributed by atoms with van der Waals surface area (Å²) in [5.41, 5.74) is -4.66. The van der Waals surface area contributed by atoms with Crippen LogP contribution in [0, 0.1) is 0 Å². The van der Waals surface area contributed by atoms with Gasteiger partial charge in [-0.15, -0.1) is 0 Å². The van der Waals surface area contributed by atoms with Crippen LogP contribution in [0.1, 0.15) is 0 Å². The van der Waals surface area contributed by atoms with Crippen LogP contribution in [0.5, 0.6) is 0 Å². The summed E-state index contributed by atoms with van der Waals surface area (Å²) < 4.78 is 74.6. The van der Waals surface area contributed by atoms with Gasteiger partial charge in [0, 0.05) is 4.90 Å². The van der Waals surface area contributed by atoms with E-state index in [1.54, 1.807) is 0 Å². The summed E-state index contributed by atoms with van der Waals surface area (Å²) in [5.74, 6) is 0. The Morgan fingerprint density at radius 1 is 1.32 bits per heavy atom. The third-order valence-corrected chi connectivity index (χ3v) is 4.54. The van der Waals surface area contributed by atoms with E-state index in [9.17, 15) is 26.2 Å². The predicted molar refractivity (Wildman–Crippen MR) is 62.7 cm³/mol. The van der Waals surface area contributed by atoms with Gasteiger partial charge in [-0.2, -0.15) is 21.6 Å². The van der Waals surface area contributed by atoms with Gasteiger partial charge in [0.2, 0.25) is 8.03 Å². The first-order valence-corrected chi connectivity index (χ1v) is 8.36. The molecule has 0 aromatic heterocycles. The predicted octanol–water partition coefficient (Wildman–Crippen LogP) is 2.43. The van der Waals surface area contributed by atoms with Gasteiger partial charge in [-0.3, -0.25) is 8.75 Å². The minimum absolute atomic E-state index is 0.562. The minimum Gasteiger partial charge on any atom is -0.345 e. The zero-order valence-corrected chi connectivity index (χ0v) is 11.7. The van der Waals surface area contributed by atoms with Gasteiger partial charge in [0.1, 0.15) is 11.2 Å². The molecule has 0 aliphatic carbocycles. The number of rotatable bonds is 5. The second-order valence-corrected chi connectivity index (χ2v) is 6.87. The fourth-order valence-corrected chi connectivity index (χ4v) is 3.76. The van der Waals surface area contributed by atoms with Crippen molar-refractivity contribution in [2.45, 2.75) is 15.3 Å². The van der Waals surface area contributed by atoms with Crippen LogP contribution in [-0.2, 0) is 18.9 Å². The molecule has 1 aromatic rings. The quantitative estimate of drug-likeness (QED) is 0.505. The summed E-state index contributed by atoms with van der Waals surface area (Å²) in [6, 6.07) is 4.36. The molecular weight excluding hydrogens is 328 g/mol. The zero-order valence-electron chi connectivity index (χ0n) is 9.05. The normalized spacial score (nSPS) is 14.3. The van der Waals surface area contributed by atoms with Crippen molar-refractivity contribution < 1.29 is 35.2 Å². The molecule has 0 aliphatic rings. The molecule has 0 fully saturated rings. The van der Waals surface area contributed by atoms with Crippen LogP contribution in [0.25, 0.3) is 0 Å². The van der Waals surface area contributed by atoms with Gasteiger partial charge in [0.25, 0.3) is 10.1 Å². The summed E-state index contributed by atoms with van der Waals surface area (Å²) >= 11 is -0.603. The molecule has 0 amide bonds. The topological polar surface area (TPSA) is 80.7 Å². The van der Waals surface area contributed by atoms with Crippen molar-refractivity contribution in [1.29, 1.82) is 0 Å². The van der Waals surface area contributed by atoms with Gasteiger partial charge in [-0.1, -0.05) is 12.1 Å². The number of thioether (sulfide) groups is 1. The molecule has 19 heavy (non-hydrogen) atoms. The molecule has 1 aromatic carbocycles. The summed E-state index contributed by atoms with van der Waals surface area (Å²) in [7, 11) is -7.72. The van der Waals surface area contributed by atoms with Gasteiger partial charge in [-0.25, -0.2) is 0 Å². The van der Waals surface area contributed by atoms with Gasteiger partial charge < -0.3 is 4.89 Å². The van der Waals surface area contributed by atoms with Gasteiger partial charge in [0.15, 0.2) is 0 Å². The highest BCUT2D eigenvalue weighted by Gasteiger charge is 2.32. The van der Waals surface area contributed by atoms with E-state index in [2.05, 4.69) is 4.18 Å². The fourth-order valence-electron chi connectivity index (χ4n) is 1.06. The van der Waals surface area contributed by atoms with E-state index in [4.69, 9.17) is 4.89 Å². The van der Waals surface area contributed by atoms with Crippen molar-refractivity contribution in [1.82, 2.24) is 0 Å². The Labute approximate surface area is 111 Å². The van der Waals surface area contributed by atoms with Crippen LogP contribution in [0.4, 0.5) is 13.2 Å². The van der Waals surface area contributed by atoms with Gasteiger partial charge in [-0.05, 0) is 23.9 Å². The molecule has 5 nitrogen and oxygen atoms in total. The van der Waals surface area contributed by atoms with Crippen LogP contribution < -0.4 is 0 Å². The summed E-state index contributed by atoms with van der Waals surface area (Å²) in [6.45, 7) is 0. The van der Waals surface area contributed by atoms with Crippen molar-refractivity contribution >= 4 is 29.9 Å². The Balaban J connectivity index is 3.09. The standard InChI is InChI=1S/C8H8F3O5PS2/c9-8(10,11)18-6-3-1-2-4-7(6)19(14,15)16-5-17(12)13/h1-4,17H,5H2,(H,12,13). The fraction of sp³-hybridized carbons (Fsp3) is 0.250. The Morgan fingerprint density at radius 2 is 1.89 bits per heavy atom. The molecule has 108 valence electrons. The molecule has 1 rings (SSSR count). The van der Waals surface area contributed by atoms with Gasteiger partial charge >= 0.3 is 5.51 Å². The maximum absolute atomic E-state index is 12.3. The molecule has 0 heterocycles. The lowest BCUT2D eigenvalue weighted by atomic mass is 10.4. The molecule has 0 saturated carbocycles. The highest BCUT2D eigenvalue weighted by molar-refractivity contribution is 8.00. The number of benzene rings is 1. The van der Waals surface area contributed by atoms with Crippen molar-refractivity contribution in [3.05, 3.63) is 24.3 Å². The van der Waals surface area contributed by atoms with Crippen LogP contribution >= 0.6 is 19.8 Å². The Hall–Kier alpha value is -0.540. The maximum atomic E-state index is 12.3. The van der Waals surface area contributed by atoms with Crippen molar-refractivity contribution in [3.8, 4) is 0 Å². The molecule has 1 unspecified atom stereocenters. The molecular formula is C8H8F3O5PS2. The highest BCUT2D eigenvalue weighted by atomic mass is 32.2. The Morgan fingerprint density at radius 3 is 2.42 bits per heavy atom. The molecule has 0 spiro atoms. The van der Waals surface area contributed by atoms with Crippen LogP contribution in [0.2, 0.25) is 0 Å². The summed E-state index contributed by atoms with van der Waals surface area (Å²) in [4.78, 5) is 7.23. The lowest BCUT2D eigenvalue weighted by Gasteiger charge is -2.11. The lowest BCUT2D eigenvalue weighted by molar-refractivity contribution is -0.0329. The number of halogens is 3. The third-order valence-electron chi connectivity index (χ3n) is 1.68. The van der Waals surface area contributed by atoms with E-state index < -0.39 is 51.6 Å². The van der Waals surface area contributed by atoms with Crippen LogP contribution in [0.3, 0.4) is 0 Å². The van der Waals surface area contributed by atoms with Crippen LogP contribution in [0.15, 0.2) is 34.1 Å². The number of hydrogen-bond donors (Lipinski definition) is 1. The molecule has 1 N–H and O–H groups in total. The zero-order chi connectivity index (χ0) is 14.7. The molecule has 0 aliphatic heterocycles. The van der Waals surface area contributed by atoms with E-state index in [0.717, 1.165) is 12.1 Å². The lowest BCUT2D eigenvalue weighted by Crippen LogP contribution is -2.09. The van der Waals surface area contributed by atoms with Crippen LogP contribution in [-0.4, -0.2) is 25.2 Å². The molecule has 0 bridgehead atoms. The molecule has 0 radical (unpaired) electrons. The first-order valence-electron chi connectivity index (χ1n) is 4.58. The molecule has 11 heteroatoms.